The number of hydrogen-bond donors (Lipinski definition) is 0. The van der Waals surface area contributed by atoms with E-state index in [-0.39, 0.29) is 18.5 Å². The molecule has 4 rings (SSSR count). The number of piperazine rings is 1. The zero-order chi connectivity index (χ0) is 17.2. The summed E-state index contributed by atoms with van der Waals surface area (Å²) in [6, 6.07) is 8.60. The molecule has 1 saturated heterocycles. The summed E-state index contributed by atoms with van der Waals surface area (Å²) in [5.41, 5.74) is 0.587. The first-order valence-corrected chi connectivity index (χ1v) is 8.19. The molecule has 0 bridgehead atoms. The van der Waals surface area contributed by atoms with Gasteiger partial charge in [0.25, 0.3) is 5.91 Å². The number of carbonyl (C=O) groups excluding carboxylic acids is 2. The van der Waals surface area contributed by atoms with E-state index in [1.165, 1.54) is 6.26 Å². The predicted octanol–water partition coefficient (Wildman–Crippen LogP) is 1.65. The van der Waals surface area contributed by atoms with Crippen molar-refractivity contribution >= 4 is 11.7 Å². The molecule has 0 aliphatic carbocycles. The number of ketones is 1. The van der Waals surface area contributed by atoms with E-state index in [1.807, 2.05) is 4.90 Å². The van der Waals surface area contributed by atoms with Crippen LogP contribution in [0.1, 0.15) is 20.9 Å². The van der Waals surface area contributed by atoms with Crippen LogP contribution in [-0.2, 0) is 0 Å². The molecule has 1 amide bonds. The summed E-state index contributed by atoms with van der Waals surface area (Å²) in [6.45, 7) is 2.97. The van der Waals surface area contributed by atoms with Crippen molar-refractivity contribution in [1.29, 1.82) is 0 Å². The molecule has 130 valence electrons. The number of Topliss-reactive ketones (excluding diaryl/α,β-unsaturated/α-hetero) is 1. The van der Waals surface area contributed by atoms with E-state index in [9.17, 15) is 9.59 Å². The van der Waals surface area contributed by atoms with Crippen LogP contribution in [-0.4, -0.2) is 61.0 Å². The molecule has 0 spiro atoms. The van der Waals surface area contributed by atoms with E-state index in [0.29, 0.717) is 55.5 Å². The standard InChI is InChI=1S/C18H18N2O5/c21-14(15-2-1-9-23-15)11-19-5-7-20(8-6-19)18(22)13-3-4-16-17(10-13)25-12-24-16/h1-4,9-10H,5-8,11-12H2. The van der Waals surface area contributed by atoms with Gasteiger partial charge in [0.05, 0.1) is 12.8 Å². The fraction of sp³-hybridized carbons (Fsp3) is 0.333. The Balaban J connectivity index is 1.34. The summed E-state index contributed by atoms with van der Waals surface area (Å²) in [7, 11) is 0. The van der Waals surface area contributed by atoms with Gasteiger partial charge in [0.1, 0.15) is 0 Å². The Morgan fingerprint density at radius 2 is 1.80 bits per heavy atom. The number of fused-ring (bicyclic) bond motifs is 1. The molecule has 3 heterocycles. The average molecular weight is 342 g/mol. The van der Waals surface area contributed by atoms with E-state index in [4.69, 9.17) is 13.9 Å². The van der Waals surface area contributed by atoms with Gasteiger partial charge in [-0.1, -0.05) is 0 Å². The maximum Gasteiger partial charge on any atom is 0.254 e. The van der Waals surface area contributed by atoms with Crippen LogP contribution in [0.5, 0.6) is 11.5 Å². The second-order valence-corrected chi connectivity index (χ2v) is 6.04. The lowest BCUT2D eigenvalue weighted by molar-refractivity contribution is 0.0620. The second kappa shape index (κ2) is 6.60. The molecule has 0 unspecified atom stereocenters. The third-order valence-electron chi connectivity index (χ3n) is 4.44. The smallest absolute Gasteiger partial charge is 0.254 e. The molecule has 1 aromatic carbocycles. The van der Waals surface area contributed by atoms with Crippen LogP contribution in [0.3, 0.4) is 0 Å². The molecule has 1 aromatic heterocycles. The third-order valence-corrected chi connectivity index (χ3v) is 4.44. The van der Waals surface area contributed by atoms with Crippen LogP contribution in [0.4, 0.5) is 0 Å². The van der Waals surface area contributed by atoms with E-state index >= 15 is 0 Å². The normalized spacial score (nSPS) is 16.9. The highest BCUT2D eigenvalue weighted by atomic mass is 16.7. The van der Waals surface area contributed by atoms with E-state index in [1.54, 1.807) is 35.2 Å². The lowest BCUT2D eigenvalue weighted by atomic mass is 10.1. The monoisotopic (exact) mass is 342 g/mol. The minimum absolute atomic E-state index is 0.0321. The highest BCUT2D eigenvalue weighted by molar-refractivity contribution is 5.96. The van der Waals surface area contributed by atoms with Crippen molar-refractivity contribution in [2.75, 3.05) is 39.5 Å². The average Bonchev–Trinajstić information content (AvgIpc) is 3.32. The zero-order valence-electron chi connectivity index (χ0n) is 13.6. The molecule has 1 fully saturated rings. The maximum absolute atomic E-state index is 12.6. The Hall–Kier alpha value is -2.80. The van der Waals surface area contributed by atoms with Gasteiger partial charge < -0.3 is 18.8 Å². The van der Waals surface area contributed by atoms with Crippen molar-refractivity contribution in [3.63, 3.8) is 0 Å². The van der Waals surface area contributed by atoms with Crippen LogP contribution < -0.4 is 9.47 Å². The van der Waals surface area contributed by atoms with Gasteiger partial charge in [0, 0.05) is 31.7 Å². The summed E-state index contributed by atoms with van der Waals surface area (Å²) in [4.78, 5) is 28.6. The molecule has 2 aromatic rings. The number of furan rings is 1. The van der Waals surface area contributed by atoms with Crippen molar-refractivity contribution < 1.29 is 23.5 Å². The zero-order valence-corrected chi connectivity index (χ0v) is 13.6. The largest absolute Gasteiger partial charge is 0.461 e. The Labute approximate surface area is 144 Å². The third kappa shape index (κ3) is 3.23. The number of benzene rings is 1. The van der Waals surface area contributed by atoms with Gasteiger partial charge in [0.2, 0.25) is 12.6 Å². The second-order valence-electron chi connectivity index (χ2n) is 6.04. The highest BCUT2D eigenvalue weighted by Crippen LogP contribution is 2.32. The SMILES string of the molecule is O=C(CN1CCN(C(=O)c2ccc3c(c2)OCO3)CC1)c1ccco1. The molecular weight excluding hydrogens is 324 g/mol. The predicted molar refractivity (Wildman–Crippen MR) is 87.9 cm³/mol. The molecule has 2 aliphatic rings. The van der Waals surface area contributed by atoms with Crippen LogP contribution >= 0.6 is 0 Å². The number of nitrogens with zero attached hydrogens (tertiary/aromatic N) is 2. The van der Waals surface area contributed by atoms with Gasteiger partial charge >= 0.3 is 0 Å². The molecule has 0 atom stereocenters. The lowest BCUT2D eigenvalue weighted by Gasteiger charge is -2.34. The quantitative estimate of drug-likeness (QED) is 0.787. The van der Waals surface area contributed by atoms with Gasteiger partial charge in [-0.2, -0.15) is 0 Å². The van der Waals surface area contributed by atoms with Crippen molar-refractivity contribution in [3.8, 4) is 11.5 Å². The van der Waals surface area contributed by atoms with Crippen molar-refractivity contribution in [1.82, 2.24) is 9.80 Å². The van der Waals surface area contributed by atoms with Crippen LogP contribution in [0.25, 0.3) is 0 Å². The maximum atomic E-state index is 12.6. The van der Waals surface area contributed by atoms with E-state index in [2.05, 4.69) is 0 Å². The minimum atomic E-state index is -0.0412. The number of hydrogen-bond acceptors (Lipinski definition) is 6. The first kappa shape index (κ1) is 15.7. The van der Waals surface area contributed by atoms with Crippen LogP contribution in [0, 0.1) is 0 Å². The van der Waals surface area contributed by atoms with Crippen LogP contribution in [0.15, 0.2) is 41.0 Å². The molecular formula is C18H18N2O5. The number of amides is 1. The lowest BCUT2D eigenvalue weighted by Crippen LogP contribution is -2.49. The van der Waals surface area contributed by atoms with Crippen molar-refractivity contribution in [3.05, 3.63) is 47.9 Å². The summed E-state index contributed by atoms with van der Waals surface area (Å²) in [5.74, 6) is 1.57. The van der Waals surface area contributed by atoms with Crippen molar-refractivity contribution in [2.45, 2.75) is 0 Å². The Morgan fingerprint density at radius 3 is 2.56 bits per heavy atom. The number of ether oxygens (including phenoxy) is 2. The molecule has 2 aliphatic heterocycles. The number of carbonyl (C=O) groups is 2. The van der Waals surface area contributed by atoms with E-state index in [0.717, 1.165) is 0 Å². The Morgan fingerprint density at radius 1 is 1.00 bits per heavy atom. The molecule has 0 saturated carbocycles. The number of rotatable bonds is 4. The topological polar surface area (TPSA) is 72.2 Å². The summed E-state index contributed by atoms with van der Waals surface area (Å²) in [6.07, 6.45) is 1.50. The molecule has 7 heteroatoms. The summed E-state index contributed by atoms with van der Waals surface area (Å²) in [5, 5.41) is 0. The fourth-order valence-corrected chi connectivity index (χ4v) is 3.04. The minimum Gasteiger partial charge on any atom is -0.461 e. The fourth-order valence-electron chi connectivity index (χ4n) is 3.04. The van der Waals surface area contributed by atoms with Gasteiger partial charge in [-0.05, 0) is 30.3 Å². The Bertz CT molecular complexity index is 779. The molecule has 0 radical (unpaired) electrons. The first-order chi connectivity index (χ1) is 12.2. The summed E-state index contributed by atoms with van der Waals surface area (Å²) >= 11 is 0. The molecule has 25 heavy (non-hydrogen) atoms. The van der Waals surface area contributed by atoms with Crippen LogP contribution in [0.2, 0.25) is 0 Å². The van der Waals surface area contributed by atoms with Gasteiger partial charge in [0.15, 0.2) is 17.3 Å². The van der Waals surface area contributed by atoms with E-state index < -0.39 is 0 Å². The van der Waals surface area contributed by atoms with Crippen molar-refractivity contribution in [2.24, 2.45) is 0 Å². The first-order valence-electron chi connectivity index (χ1n) is 8.19. The Kier molecular flexibility index (Phi) is 4.15. The molecule has 0 N–H and O–H groups in total. The molecule has 7 nitrogen and oxygen atoms in total. The van der Waals surface area contributed by atoms with Gasteiger partial charge in [-0.25, -0.2) is 0 Å². The van der Waals surface area contributed by atoms with Gasteiger partial charge in [-0.3, -0.25) is 14.5 Å². The van der Waals surface area contributed by atoms with Gasteiger partial charge in [-0.15, -0.1) is 0 Å². The summed E-state index contributed by atoms with van der Waals surface area (Å²) < 4.78 is 15.7. The highest BCUT2D eigenvalue weighted by Gasteiger charge is 2.25.